The van der Waals surface area contributed by atoms with Crippen LogP contribution in [0.15, 0.2) is 62.8 Å². The molecule has 152 valence electrons. The summed E-state index contributed by atoms with van der Waals surface area (Å²) in [6.07, 6.45) is 2.24. The molecule has 2 aromatic carbocycles. The second-order valence-corrected chi connectivity index (χ2v) is 11.5. The van der Waals surface area contributed by atoms with Crippen LogP contribution in [0.25, 0.3) is 0 Å². The molecule has 0 bridgehead atoms. The van der Waals surface area contributed by atoms with Crippen molar-refractivity contribution in [2.75, 3.05) is 19.3 Å². The number of hydrogen-bond donors (Lipinski definition) is 0. The van der Waals surface area contributed by atoms with E-state index in [1.807, 2.05) is 30.3 Å². The Morgan fingerprint density at radius 1 is 1.04 bits per heavy atom. The van der Waals surface area contributed by atoms with Crippen LogP contribution in [0.5, 0.6) is 0 Å². The van der Waals surface area contributed by atoms with Gasteiger partial charge in [0.25, 0.3) is 0 Å². The summed E-state index contributed by atoms with van der Waals surface area (Å²) in [7, 11) is -7.30. The van der Waals surface area contributed by atoms with Crippen LogP contribution >= 0.6 is 15.9 Å². The highest BCUT2D eigenvalue weighted by Crippen LogP contribution is 2.30. The van der Waals surface area contributed by atoms with Gasteiger partial charge in [-0.05, 0) is 52.5 Å². The van der Waals surface area contributed by atoms with Crippen molar-refractivity contribution < 1.29 is 21.6 Å². The van der Waals surface area contributed by atoms with E-state index in [1.54, 1.807) is 0 Å². The SMILES string of the molecule is CS(=O)(=O)c1ccc(Br)c(S(=O)(=O)N2CCC(OCc3ccccc3)CC2)c1. The number of benzene rings is 2. The zero-order valence-corrected chi connectivity index (χ0v) is 18.6. The van der Waals surface area contributed by atoms with Crippen LogP contribution in [-0.2, 0) is 31.2 Å². The maximum absolute atomic E-state index is 13.0. The van der Waals surface area contributed by atoms with Crippen molar-refractivity contribution in [2.24, 2.45) is 0 Å². The first-order chi connectivity index (χ1) is 13.2. The van der Waals surface area contributed by atoms with Crippen molar-refractivity contribution in [3.05, 3.63) is 58.6 Å². The molecule has 6 nitrogen and oxygen atoms in total. The van der Waals surface area contributed by atoms with E-state index in [9.17, 15) is 16.8 Å². The lowest BCUT2D eigenvalue weighted by molar-refractivity contribution is 0.0102. The van der Waals surface area contributed by atoms with Gasteiger partial charge in [-0.15, -0.1) is 0 Å². The third-order valence-corrected chi connectivity index (χ3v) is 8.68. The van der Waals surface area contributed by atoms with E-state index in [2.05, 4.69) is 15.9 Å². The third-order valence-electron chi connectivity index (χ3n) is 4.68. The molecule has 9 heteroatoms. The lowest BCUT2D eigenvalue weighted by atomic mass is 10.1. The molecular formula is C19H22BrNO5S2. The van der Waals surface area contributed by atoms with E-state index in [-0.39, 0.29) is 15.9 Å². The zero-order chi connectivity index (χ0) is 20.4. The van der Waals surface area contributed by atoms with Gasteiger partial charge in [0.05, 0.1) is 22.5 Å². The van der Waals surface area contributed by atoms with Crippen molar-refractivity contribution in [3.8, 4) is 0 Å². The summed E-state index contributed by atoms with van der Waals surface area (Å²) < 4.78 is 57.3. The maximum Gasteiger partial charge on any atom is 0.244 e. The summed E-state index contributed by atoms with van der Waals surface area (Å²) in [4.78, 5) is -0.0468. The molecule has 0 radical (unpaired) electrons. The monoisotopic (exact) mass is 487 g/mol. The van der Waals surface area contributed by atoms with E-state index < -0.39 is 19.9 Å². The van der Waals surface area contributed by atoms with E-state index in [4.69, 9.17) is 4.74 Å². The number of halogens is 1. The molecule has 1 fully saturated rings. The number of rotatable bonds is 6. The van der Waals surface area contributed by atoms with Gasteiger partial charge in [0.1, 0.15) is 0 Å². The number of sulfone groups is 1. The number of ether oxygens (including phenoxy) is 1. The molecule has 0 amide bonds. The Morgan fingerprint density at radius 3 is 2.29 bits per heavy atom. The first-order valence-electron chi connectivity index (χ1n) is 8.83. The molecule has 1 aliphatic rings. The number of hydrogen-bond acceptors (Lipinski definition) is 5. The summed E-state index contributed by atoms with van der Waals surface area (Å²) in [5, 5.41) is 0. The second kappa shape index (κ2) is 8.62. The van der Waals surface area contributed by atoms with Crippen molar-refractivity contribution >= 4 is 35.8 Å². The van der Waals surface area contributed by atoms with Crippen molar-refractivity contribution in [1.29, 1.82) is 0 Å². The van der Waals surface area contributed by atoms with Crippen LogP contribution in [0, 0.1) is 0 Å². The largest absolute Gasteiger partial charge is 0.373 e. The molecular weight excluding hydrogens is 466 g/mol. The van der Waals surface area contributed by atoms with Gasteiger partial charge in [-0.2, -0.15) is 4.31 Å². The van der Waals surface area contributed by atoms with Gasteiger partial charge in [-0.25, -0.2) is 16.8 Å². The number of piperidine rings is 1. The fourth-order valence-electron chi connectivity index (χ4n) is 3.08. The molecule has 0 aromatic heterocycles. The van der Waals surface area contributed by atoms with Crippen LogP contribution < -0.4 is 0 Å². The van der Waals surface area contributed by atoms with E-state index in [1.165, 1.54) is 22.5 Å². The second-order valence-electron chi connectivity index (χ2n) is 6.76. The summed E-state index contributed by atoms with van der Waals surface area (Å²) in [6, 6.07) is 13.9. The average Bonchev–Trinajstić information content (AvgIpc) is 2.67. The predicted molar refractivity (Wildman–Crippen MR) is 110 cm³/mol. The molecule has 3 rings (SSSR count). The topological polar surface area (TPSA) is 80.8 Å². The van der Waals surface area contributed by atoms with Gasteiger partial charge in [0.15, 0.2) is 9.84 Å². The lowest BCUT2D eigenvalue weighted by Gasteiger charge is -2.31. The molecule has 1 saturated heterocycles. The van der Waals surface area contributed by atoms with Crippen LogP contribution in [-0.4, -0.2) is 46.6 Å². The Labute approximate surface area is 174 Å². The maximum atomic E-state index is 13.0. The summed E-state index contributed by atoms with van der Waals surface area (Å²) in [6.45, 7) is 1.16. The van der Waals surface area contributed by atoms with E-state index in [0.717, 1.165) is 11.8 Å². The average molecular weight is 488 g/mol. The Hall–Kier alpha value is -1.26. The molecule has 0 aliphatic carbocycles. The van der Waals surface area contributed by atoms with Gasteiger partial charge in [0.2, 0.25) is 10.0 Å². The smallest absolute Gasteiger partial charge is 0.244 e. The molecule has 0 saturated carbocycles. The van der Waals surface area contributed by atoms with Gasteiger partial charge >= 0.3 is 0 Å². The quantitative estimate of drug-likeness (QED) is 0.624. The third kappa shape index (κ3) is 5.01. The van der Waals surface area contributed by atoms with Crippen molar-refractivity contribution in [2.45, 2.75) is 35.3 Å². The lowest BCUT2D eigenvalue weighted by Crippen LogP contribution is -2.41. The molecule has 1 heterocycles. The molecule has 2 aromatic rings. The summed E-state index contributed by atoms with van der Waals surface area (Å²) >= 11 is 3.24. The molecule has 0 unspecified atom stereocenters. The van der Waals surface area contributed by atoms with E-state index >= 15 is 0 Å². The van der Waals surface area contributed by atoms with Crippen LogP contribution in [0.2, 0.25) is 0 Å². The number of sulfonamides is 1. The van der Waals surface area contributed by atoms with Gasteiger partial charge in [-0.1, -0.05) is 30.3 Å². The molecule has 0 atom stereocenters. The van der Waals surface area contributed by atoms with Crippen molar-refractivity contribution in [1.82, 2.24) is 4.31 Å². The Balaban J connectivity index is 1.68. The Morgan fingerprint density at radius 2 is 1.68 bits per heavy atom. The fraction of sp³-hybridized carbons (Fsp3) is 0.368. The Bertz CT molecular complexity index is 1030. The minimum Gasteiger partial charge on any atom is -0.373 e. The molecule has 28 heavy (non-hydrogen) atoms. The van der Waals surface area contributed by atoms with Gasteiger partial charge in [0, 0.05) is 23.8 Å². The number of nitrogens with zero attached hydrogens (tertiary/aromatic N) is 1. The van der Waals surface area contributed by atoms with Crippen LogP contribution in [0.4, 0.5) is 0 Å². The summed E-state index contributed by atoms with van der Waals surface area (Å²) in [5.74, 6) is 0. The Kier molecular flexibility index (Phi) is 6.61. The molecule has 1 aliphatic heterocycles. The molecule has 0 N–H and O–H groups in total. The standard InChI is InChI=1S/C19H22BrNO5S2/c1-27(22,23)17-7-8-18(20)19(13-17)28(24,25)21-11-9-16(10-12-21)26-14-15-5-3-2-4-6-15/h2-8,13,16H,9-12,14H2,1H3. The fourth-order valence-corrected chi connectivity index (χ4v) is 6.22. The molecule has 0 spiro atoms. The van der Waals surface area contributed by atoms with Crippen LogP contribution in [0.3, 0.4) is 0 Å². The predicted octanol–water partition coefficient (Wildman–Crippen LogP) is 3.22. The highest BCUT2D eigenvalue weighted by atomic mass is 79.9. The zero-order valence-electron chi connectivity index (χ0n) is 15.4. The first kappa shape index (κ1) is 21.4. The van der Waals surface area contributed by atoms with Crippen molar-refractivity contribution in [3.63, 3.8) is 0 Å². The summed E-state index contributed by atoms with van der Waals surface area (Å²) in [5.41, 5.74) is 1.08. The minimum absolute atomic E-state index is 0.00236. The highest BCUT2D eigenvalue weighted by molar-refractivity contribution is 9.10. The minimum atomic E-state index is -3.80. The van der Waals surface area contributed by atoms with Gasteiger partial charge in [-0.3, -0.25) is 0 Å². The van der Waals surface area contributed by atoms with Gasteiger partial charge < -0.3 is 4.74 Å². The first-order valence-corrected chi connectivity index (χ1v) is 13.0. The van der Waals surface area contributed by atoms with Crippen LogP contribution in [0.1, 0.15) is 18.4 Å². The normalized spacial score (nSPS) is 16.9. The van der Waals surface area contributed by atoms with E-state index in [0.29, 0.717) is 37.0 Å². The highest BCUT2D eigenvalue weighted by Gasteiger charge is 2.31.